The number of rotatable bonds is 9. The highest BCUT2D eigenvalue weighted by Gasteiger charge is 2.58. The molecule has 6 rings (SSSR count). The summed E-state index contributed by atoms with van der Waals surface area (Å²) in [6.07, 6.45) is -3.98. The normalized spacial score (nSPS) is 18.8. The fraction of sp³-hybridized carbons (Fsp3) is 0.323. The Morgan fingerprint density at radius 3 is 2.48 bits per heavy atom. The minimum atomic E-state index is -5.46. The highest BCUT2D eigenvalue weighted by Crippen LogP contribution is 2.48. The van der Waals surface area contributed by atoms with Crippen molar-refractivity contribution in [3.05, 3.63) is 76.9 Å². The number of pyridine rings is 1. The molecule has 0 radical (unpaired) electrons. The van der Waals surface area contributed by atoms with E-state index in [0.29, 0.717) is 22.7 Å². The molecule has 2 amide bonds. The summed E-state index contributed by atoms with van der Waals surface area (Å²) in [7, 11) is 0. The van der Waals surface area contributed by atoms with E-state index in [4.69, 9.17) is 15.2 Å². The summed E-state index contributed by atoms with van der Waals surface area (Å²) in [4.78, 5) is 29.8. The molecule has 4 aromatic rings. The molecule has 1 aliphatic carbocycles. The van der Waals surface area contributed by atoms with E-state index < -0.39 is 60.3 Å². The summed E-state index contributed by atoms with van der Waals surface area (Å²) in [5, 5.41) is 22.0. The fourth-order valence-corrected chi connectivity index (χ4v) is 5.17. The lowest BCUT2D eigenvalue weighted by molar-refractivity contribution is -0.265. The molecule has 1 fully saturated rings. The third-order valence-electron chi connectivity index (χ3n) is 8.02. The maximum Gasteiger partial charge on any atom is 0.424 e. The smallest absolute Gasteiger partial charge is 0.424 e. The van der Waals surface area contributed by atoms with Crippen LogP contribution in [0.1, 0.15) is 40.2 Å². The quantitative estimate of drug-likeness (QED) is 0.232. The van der Waals surface area contributed by atoms with E-state index in [2.05, 4.69) is 20.5 Å². The molecular weight excluding hydrogens is 617 g/mol. The summed E-state index contributed by atoms with van der Waals surface area (Å²) in [5.74, 6) is -2.90. The number of carbonyl (C=O) groups is 2. The molecule has 4 N–H and O–H groups in total. The highest BCUT2D eigenvalue weighted by atomic mass is 19.4. The first-order valence-corrected chi connectivity index (χ1v) is 14.1. The Morgan fingerprint density at radius 2 is 1.85 bits per heavy atom. The number of aliphatic hydroxyl groups is 1. The number of primary amides is 1. The highest BCUT2D eigenvalue weighted by molar-refractivity contribution is 6.00. The van der Waals surface area contributed by atoms with Gasteiger partial charge in [-0.25, -0.2) is 13.8 Å². The third kappa shape index (κ3) is 5.33. The van der Waals surface area contributed by atoms with Crippen molar-refractivity contribution >= 4 is 22.7 Å². The SMILES string of the molecule is Cc1cc2cc(C(=O)NCC(O)(c3cc4c(c(-c5ccc(F)cc5)n3)OC[C@]4(CF)C(N)=O)C(F)(F)F)cc(OC3CC3)c2nn1. The Bertz CT molecular complexity index is 1870. The summed E-state index contributed by atoms with van der Waals surface area (Å²) in [6, 6.07) is 9.45. The number of amides is 2. The molecule has 1 aliphatic heterocycles. The van der Waals surface area contributed by atoms with Crippen LogP contribution in [0.15, 0.2) is 48.5 Å². The number of ether oxygens (including phenoxy) is 2. The third-order valence-corrected chi connectivity index (χ3v) is 8.02. The largest absolute Gasteiger partial charge is 0.489 e. The van der Waals surface area contributed by atoms with Gasteiger partial charge in [0.05, 0.1) is 24.0 Å². The Labute approximate surface area is 257 Å². The minimum Gasteiger partial charge on any atom is -0.489 e. The number of benzene rings is 2. The zero-order valence-electron chi connectivity index (χ0n) is 24.1. The van der Waals surface area contributed by atoms with Crippen molar-refractivity contribution in [2.24, 2.45) is 5.73 Å². The monoisotopic (exact) mass is 643 g/mol. The van der Waals surface area contributed by atoms with Gasteiger partial charge in [-0.15, -0.1) is 5.10 Å². The number of nitrogens with two attached hydrogens (primary N) is 1. The summed E-state index contributed by atoms with van der Waals surface area (Å²) in [5.41, 5.74) is -1.50. The van der Waals surface area contributed by atoms with Crippen molar-refractivity contribution < 1.29 is 46.1 Å². The Balaban J connectivity index is 1.42. The molecule has 0 saturated heterocycles. The van der Waals surface area contributed by atoms with E-state index in [-0.39, 0.29) is 40.0 Å². The van der Waals surface area contributed by atoms with E-state index >= 15 is 0 Å². The van der Waals surface area contributed by atoms with E-state index in [1.165, 1.54) is 24.3 Å². The number of nitrogens with zero attached hydrogens (tertiary/aromatic N) is 3. The van der Waals surface area contributed by atoms with Gasteiger partial charge in [0.2, 0.25) is 11.5 Å². The second-order valence-corrected chi connectivity index (χ2v) is 11.4. The van der Waals surface area contributed by atoms with Gasteiger partial charge in [0, 0.05) is 22.1 Å². The summed E-state index contributed by atoms with van der Waals surface area (Å²) in [6.45, 7) is -1.84. The molecule has 3 heterocycles. The lowest BCUT2D eigenvalue weighted by atomic mass is 9.81. The number of hydrogen-bond donors (Lipinski definition) is 3. The van der Waals surface area contributed by atoms with E-state index in [0.717, 1.165) is 25.0 Å². The van der Waals surface area contributed by atoms with Gasteiger partial charge in [0.15, 0.2) is 0 Å². The molecule has 46 heavy (non-hydrogen) atoms. The number of hydrogen-bond acceptors (Lipinski definition) is 8. The number of fused-ring (bicyclic) bond motifs is 2. The van der Waals surface area contributed by atoms with Gasteiger partial charge in [-0.05, 0) is 68.3 Å². The number of aryl methyl sites for hydroxylation is 1. The number of halogens is 5. The summed E-state index contributed by atoms with van der Waals surface area (Å²) >= 11 is 0. The standard InChI is InChI=1S/C31H26F5N5O5/c1-15-8-17-9-18(10-22(24(17)41-40-15)46-20-6-7-20)27(42)38-13-30(44,31(34,35)36)23-11-21-26(45-14-29(21,12-32)28(37)43)25(39-23)16-2-4-19(33)5-3-16/h2-5,8-11,20,44H,6-7,12-14H2,1H3,(H2,37,43)(H,38,42)/t29-,30?/m0/s1. The second kappa shape index (κ2) is 11.2. The van der Waals surface area contributed by atoms with E-state index in [9.17, 15) is 36.6 Å². The molecule has 1 unspecified atom stereocenters. The van der Waals surface area contributed by atoms with Crippen LogP contribution >= 0.6 is 0 Å². The Morgan fingerprint density at radius 1 is 1.13 bits per heavy atom. The molecular formula is C31H26F5N5O5. The molecule has 15 heteroatoms. The minimum absolute atomic E-state index is 0.0462. The average Bonchev–Trinajstić information content (AvgIpc) is 3.75. The maximum absolute atomic E-state index is 14.8. The molecule has 0 bridgehead atoms. The van der Waals surface area contributed by atoms with Crippen LogP contribution in [-0.4, -0.2) is 64.2 Å². The maximum atomic E-state index is 14.8. The van der Waals surface area contributed by atoms with Gasteiger partial charge < -0.3 is 25.6 Å². The predicted molar refractivity (Wildman–Crippen MR) is 152 cm³/mol. The molecule has 1 saturated carbocycles. The zero-order chi connectivity index (χ0) is 33.0. The number of alkyl halides is 4. The Kier molecular flexibility index (Phi) is 7.54. The first-order chi connectivity index (χ1) is 21.8. The molecule has 240 valence electrons. The molecule has 0 spiro atoms. The first kappa shape index (κ1) is 31.1. The number of aromatic nitrogens is 3. The van der Waals surface area contributed by atoms with Crippen LogP contribution < -0.4 is 20.5 Å². The van der Waals surface area contributed by atoms with Crippen molar-refractivity contribution in [1.29, 1.82) is 0 Å². The van der Waals surface area contributed by atoms with Crippen molar-refractivity contribution in [2.75, 3.05) is 19.8 Å². The van der Waals surface area contributed by atoms with Gasteiger partial charge in [-0.1, -0.05) is 0 Å². The number of nitrogens with one attached hydrogen (secondary N) is 1. The van der Waals surface area contributed by atoms with Crippen LogP contribution in [0.3, 0.4) is 0 Å². The average molecular weight is 644 g/mol. The van der Waals surface area contributed by atoms with E-state index in [1.807, 2.05) is 0 Å². The van der Waals surface area contributed by atoms with Crippen molar-refractivity contribution in [2.45, 2.75) is 43.1 Å². The number of carbonyl (C=O) groups excluding carboxylic acids is 2. The van der Waals surface area contributed by atoms with Gasteiger partial charge in [0.25, 0.3) is 5.91 Å². The molecule has 2 aromatic heterocycles. The van der Waals surface area contributed by atoms with Crippen LogP contribution in [0, 0.1) is 12.7 Å². The predicted octanol–water partition coefficient (Wildman–Crippen LogP) is 3.95. The lowest BCUT2D eigenvalue weighted by Crippen LogP contribution is -2.52. The van der Waals surface area contributed by atoms with E-state index in [1.54, 1.807) is 13.0 Å². The molecule has 2 aliphatic rings. The van der Waals surface area contributed by atoms with Gasteiger partial charge in [-0.3, -0.25) is 9.59 Å². The van der Waals surface area contributed by atoms with Gasteiger partial charge in [0.1, 0.15) is 47.2 Å². The Hall–Kier alpha value is -4.92. The molecule has 2 atom stereocenters. The van der Waals surface area contributed by atoms with Crippen LogP contribution in [0.4, 0.5) is 22.0 Å². The zero-order valence-corrected chi connectivity index (χ0v) is 24.1. The van der Waals surface area contributed by atoms with Crippen LogP contribution in [0.2, 0.25) is 0 Å². The van der Waals surface area contributed by atoms with Gasteiger partial charge in [-0.2, -0.15) is 18.3 Å². The van der Waals surface area contributed by atoms with Crippen molar-refractivity contribution in [3.63, 3.8) is 0 Å². The van der Waals surface area contributed by atoms with Crippen LogP contribution in [0.25, 0.3) is 22.2 Å². The lowest BCUT2D eigenvalue weighted by Gasteiger charge is -2.31. The van der Waals surface area contributed by atoms with Crippen LogP contribution in [-0.2, 0) is 15.8 Å². The fourth-order valence-electron chi connectivity index (χ4n) is 5.17. The van der Waals surface area contributed by atoms with Gasteiger partial charge >= 0.3 is 6.18 Å². The molecule has 10 nitrogen and oxygen atoms in total. The second-order valence-electron chi connectivity index (χ2n) is 11.4. The summed E-state index contributed by atoms with van der Waals surface area (Å²) < 4.78 is 83.8. The first-order valence-electron chi connectivity index (χ1n) is 14.1. The van der Waals surface area contributed by atoms with Crippen molar-refractivity contribution in [3.8, 4) is 22.8 Å². The molecule has 2 aromatic carbocycles. The van der Waals surface area contributed by atoms with Crippen molar-refractivity contribution in [1.82, 2.24) is 20.5 Å². The van der Waals surface area contributed by atoms with Crippen LogP contribution in [0.5, 0.6) is 11.5 Å². The topological polar surface area (TPSA) is 150 Å².